The molecule has 0 radical (unpaired) electrons. The Morgan fingerprint density at radius 2 is 1.85 bits per heavy atom. The average molecular weight is 368 g/mol. The molecule has 7 heteroatoms. The molecule has 2 aromatic rings. The number of carbonyl (C=O) groups excluding carboxylic acids is 1. The van der Waals surface area contributed by atoms with Gasteiger partial charge in [-0.1, -0.05) is 12.1 Å². The van der Waals surface area contributed by atoms with Crippen LogP contribution in [0.15, 0.2) is 30.3 Å². The van der Waals surface area contributed by atoms with Gasteiger partial charge in [-0.15, -0.1) is 0 Å². The maximum absolute atomic E-state index is 12.9. The molecule has 142 valence electrons. The second-order valence-corrected chi connectivity index (χ2v) is 7.08. The van der Waals surface area contributed by atoms with Gasteiger partial charge >= 0.3 is 0 Å². The fourth-order valence-corrected chi connectivity index (χ4v) is 3.61. The largest absolute Gasteiger partial charge is 0.347 e. The fourth-order valence-electron chi connectivity index (χ4n) is 3.61. The molecule has 1 spiro atoms. The number of rotatable bonds is 3. The van der Waals surface area contributed by atoms with E-state index in [2.05, 4.69) is 15.3 Å². The van der Waals surface area contributed by atoms with Crippen molar-refractivity contribution in [2.75, 3.05) is 31.6 Å². The van der Waals surface area contributed by atoms with E-state index in [4.69, 9.17) is 9.47 Å². The van der Waals surface area contributed by atoms with Gasteiger partial charge in [-0.3, -0.25) is 4.79 Å². The lowest BCUT2D eigenvalue weighted by atomic mass is 10.0. The van der Waals surface area contributed by atoms with Crippen molar-refractivity contribution in [3.05, 3.63) is 47.4 Å². The molecule has 0 saturated carbocycles. The minimum atomic E-state index is -0.490. The Labute approximate surface area is 158 Å². The Hall–Kier alpha value is -2.51. The Kier molecular flexibility index (Phi) is 4.80. The highest BCUT2D eigenvalue weighted by Crippen LogP contribution is 2.31. The van der Waals surface area contributed by atoms with E-state index in [0.29, 0.717) is 56.5 Å². The molecule has 1 N–H and O–H groups in total. The number of likely N-dealkylation sites (tertiary alicyclic amines) is 1. The van der Waals surface area contributed by atoms with Crippen molar-refractivity contribution in [1.82, 2.24) is 14.9 Å². The first-order valence-corrected chi connectivity index (χ1v) is 9.30. The molecule has 2 aliphatic rings. The summed E-state index contributed by atoms with van der Waals surface area (Å²) in [7, 11) is 0. The Bertz CT molecular complexity index is 839. The molecule has 4 rings (SSSR count). The number of aryl methyl sites for hydroxylation is 2. The number of anilines is 2. The number of benzene rings is 1. The summed E-state index contributed by atoms with van der Waals surface area (Å²) in [5.41, 5.74) is 2.49. The summed E-state index contributed by atoms with van der Waals surface area (Å²) in [5, 5.41) is 3.26. The van der Waals surface area contributed by atoms with Crippen molar-refractivity contribution in [2.45, 2.75) is 32.5 Å². The van der Waals surface area contributed by atoms with Crippen LogP contribution in [0.1, 0.15) is 34.7 Å². The van der Waals surface area contributed by atoms with Crippen molar-refractivity contribution in [1.29, 1.82) is 0 Å². The van der Waals surface area contributed by atoms with Gasteiger partial charge in [0.2, 0.25) is 0 Å². The van der Waals surface area contributed by atoms with E-state index in [-0.39, 0.29) is 5.91 Å². The lowest BCUT2D eigenvalue weighted by molar-refractivity contribution is -0.181. The SMILES string of the molecule is Cc1cccc(Nc2cc(C(=O)N3CCC4(CC3)OCCO4)nc(C)n2)c1. The van der Waals surface area contributed by atoms with E-state index in [1.165, 1.54) is 0 Å². The molecule has 1 amide bonds. The number of amides is 1. The highest BCUT2D eigenvalue weighted by atomic mass is 16.7. The lowest BCUT2D eigenvalue weighted by Gasteiger charge is -2.37. The van der Waals surface area contributed by atoms with E-state index in [9.17, 15) is 4.79 Å². The zero-order valence-electron chi connectivity index (χ0n) is 15.7. The van der Waals surface area contributed by atoms with Gasteiger partial charge in [0.25, 0.3) is 5.91 Å². The van der Waals surface area contributed by atoms with Crippen LogP contribution in [0.3, 0.4) is 0 Å². The minimum Gasteiger partial charge on any atom is -0.347 e. The third-order valence-electron chi connectivity index (χ3n) is 4.97. The van der Waals surface area contributed by atoms with E-state index in [1.54, 1.807) is 13.0 Å². The summed E-state index contributed by atoms with van der Waals surface area (Å²) in [6, 6.07) is 9.73. The number of aromatic nitrogens is 2. The molecule has 27 heavy (non-hydrogen) atoms. The zero-order valence-corrected chi connectivity index (χ0v) is 15.7. The Balaban J connectivity index is 1.48. The van der Waals surface area contributed by atoms with Gasteiger partial charge in [-0.2, -0.15) is 0 Å². The number of nitrogens with one attached hydrogen (secondary N) is 1. The van der Waals surface area contributed by atoms with Crippen LogP contribution in [0.2, 0.25) is 0 Å². The molecule has 1 aromatic carbocycles. The number of hydrogen-bond donors (Lipinski definition) is 1. The zero-order chi connectivity index (χ0) is 18.9. The van der Waals surface area contributed by atoms with Crippen LogP contribution in [0.25, 0.3) is 0 Å². The number of carbonyl (C=O) groups is 1. The van der Waals surface area contributed by atoms with Crippen LogP contribution in [-0.4, -0.2) is 52.9 Å². The van der Waals surface area contributed by atoms with Crippen LogP contribution >= 0.6 is 0 Å². The van der Waals surface area contributed by atoms with E-state index in [0.717, 1.165) is 11.3 Å². The maximum Gasteiger partial charge on any atom is 0.272 e. The molecule has 2 aliphatic heterocycles. The van der Waals surface area contributed by atoms with Gasteiger partial charge in [0.05, 0.1) is 13.2 Å². The maximum atomic E-state index is 12.9. The number of ether oxygens (including phenoxy) is 2. The van der Waals surface area contributed by atoms with Crippen molar-refractivity contribution in [3.8, 4) is 0 Å². The summed E-state index contributed by atoms with van der Waals surface area (Å²) in [4.78, 5) is 23.5. The summed E-state index contributed by atoms with van der Waals surface area (Å²) in [6.45, 7) is 6.29. The Morgan fingerprint density at radius 1 is 1.11 bits per heavy atom. The predicted molar refractivity (Wildman–Crippen MR) is 101 cm³/mol. The number of nitrogens with zero attached hydrogens (tertiary/aromatic N) is 3. The molecule has 1 aromatic heterocycles. The van der Waals surface area contributed by atoms with Crippen molar-refractivity contribution in [2.24, 2.45) is 0 Å². The summed E-state index contributed by atoms with van der Waals surface area (Å²) >= 11 is 0. The van der Waals surface area contributed by atoms with Gasteiger partial charge in [0.1, 0.15) is 17.3 Å². The third kappa shape index (κ3) is 3.94. The van der Waals surface area contributed by atoms with Crippen LogP contribution in [0, 0.1) is 13.8 Å². The van der Waals surface area contributed by atoms with Crippen LogP contribution in [0.4, 0.5) is 11.5 Å². The predicted octanol–water partition coefficient (Wildman–Crippen LogP) is 2.82. The topological polar surface area (TPSA) is 76.6 Å². The van der Waals surface area contributed by atoms with Crippen LogP contribution in [-0.2, 0) is 9.47 Å². The van der Waals surface area contributed by atoms with Gasteiger partial charge in [0, 0.05) is 37.7 Å². The van der Waals surface area contributed by atoms with E-state index in [1.807, 2.05) is 36.1 Å². The standard InChI is InChI=1S/C20H24N4O3/c1-14-4-3-5-16(12-14)23-18-13-17(21-15(2)22-18)19(25)24-8-6-20(7-9-24)26-10-11-27-20/h3-5,12-13H,6-11H2,1-2H3,(H,21,22,23). The van der Waals surface area contributed by atoms with Gasteiger partial charge < -0.3 is 19.7 Å². The van der Waals surface area contributed by atoms with Crippen LogP contribution in [0.5, 0.6) is 0 Å². The summed E-state index contributed by atoms with van der Waals surface area (Å²) in [5.74, 6) is 0.607. The summed E-state index contributed by atoms with van der Waals surface area (Å²) < 4.78 is 11.5. The number of piperidine rings is 1. The first-order valence-electron chi connectivity index (χ1n) is 9.30. The van der Waals surface area contributed by atoms with Crippen molar-refractivity contribution >= 4 is 17.4 Å². The second kappa shape index (κ2) is 7.25. The van der Waals surface area contributed by atoms with E-state index >= 15 is 0 Å². The van der Waals surface area contributed by atoms with E-state index < -0.39 is 5.79 Å². The Morgan fingerprint density at radius 3 is 2.56 bits per heavy atom. The molecular weight excluding hydrogens is 344 g/mol. The molecule has 0 bridgehead atoms. The second-order valence-electron chi connectivity index (χ2n) is 7.08. The number of hydrogen-bond acceptors (Lipinski definition) is 6. The molecule has 2 fully saturated rings. The fraction of sp³-hybridized carbons (Fsp3) is 0.450. The monoisotopic (exact) mass is 368 g/mol. The highest BCUT2D eigenvalue weighted by molar-refractivity contribution is 5.93. The minimum absolute atomic E-state index is 0.0827. The van der Waals surface area contributed by atoms with Crippen molar-refractivity contribution in [3.63, 3.8) is 0 Å². The summed E-state index contributed by atoms with van der Waals surface area (Å²) in [6.07, 6.45) is 1.38. The quantitative estimate of drug-likeness (QED) is 0.898. The van der Waals surface area contributed by atoms with Gasteiger partial charge in [-0.25, -0.2) is 9.97 Å². The average Bonchev–Trinajstić information content (AvgIpc) is 3.09. The molecule has 2 saturated heterocycles. The molecule has 3 heterocycles. The normalized spacial score (nSPS) is 18.7. The third-order valence-corrected chi connectivity index (χ3v) is 4.97. The molecule has 0 unspecified atom stereocenters. The van der Waals surface area contributed by atoms with Gasteiger partial charge in [-0.05, 0) is 31.5 Å². The molecule has 7 nitrogen and oxygen atoms in total. The van der Waals surface area contributed by atoms with Gasteiger partial charge in [0.15, 0.2) is 5.79 Å². The highest BCUT2D eigenvalue weighted by Gasteiger charge is 2.41. The lowest BCUT2D eigenvalue weighted by Crippen LogP contribution is -2.47. The molecule has 0 aliphatic carbocycles. The molecule has 0 atom stereocenters. The smallest absolute Gasteiger partial charge is 0.272 e. The van der Waals surface area contributed by atoms with Crippen LogP contribution < -0.4 is 5.32 Å². The molecular formula is C20H24N4O3. The first kappa shape index (κ1) is 17.9. The first-order chi connectivity index (χ1) is 13.0. The van der Waals surface area contributed by atoms with Crippen molar-refractivity contribution < 1.29 is 14.3 Å².